The fourth-order valence-electron chi connectivity index (χ4n) is 3.43. The Morgan fingerprint density at radius 2 is 1.43 bits per heavy atom. The minimum Gasteiger partial charge on any atom is -0.0688 e. The summed E-state index contributed by atoms with van der Waals surface area (Å²) in [5, 5.41) is 4.79. The largest absolute Gasteiger partial charge is 0.0688 e. The van der Waals surface area contributed by atoms with Crippen LogP contribution >= 0.6 is 15.8 Å². The third-order valence-electron chi connectivity index (χ3n) is 4.62. The Labute approximate surface area is 131 Å². The Hall–Kier alpha value is -0.700. The summed E-state index contributed by atoms with van der Waals surface area (Å²) >= 11 is 0. The van der Waals surface area contributed by atoms with Crippen LogP contribution < -0.4 is 15.9 Å². The lowest BCUT2D eigenvalue weighted by Gasteiger charge is -2.27. The standard InChI is InChI=1S/C19H24P2/c1-15-13-14-16(2)21(15)19-12-8-7-11-18(19)20(3)17-9-5-4-6-10-17/h4-12,15-16H,13-14H2,1-3H3/t15-,16-,20?/m1/s1. The van der Waals surface area contributed by atoms with Gasteiger partial charge in [-0.15, -0.1) is 0 Å². The van der Waals surface area contributed by atoms with Crippen LogP contribution in [0.3, 0.4) is 0 Å². The summed E-state index contributed by atoms with van der Waals surface area (Å²) in [7, 11) is -0.220. The molecule has 1 unspecified atom stereocenters. The highest BCUT2D eigenvalue weighted by atomic mass is 31.1. The van der Waals surface area contributed by atoms with Crippen molar-refractivity contribution in [1.29, 1.82) is 0 Å². The van der Waals surface area contributed by atoms with Crippen LogP contribution in [-0.2, 0) is 0 Å². The zero-order valence-electron chi connectivity index (χ0n) is 13.2. The second-order valence-electron chi connectivity index (χ2n) is 6.07. The predicted molar refractivity (Wildman–Crippen MR) is 99.7 cm³/mol. The van der Waals surface area contributed by atoms with Gasteiger partial charge in [0.1, 0.15) is 0 Å². The molecule has 0 N–H and O–H groups in total. The first kappa shape index (κ1) is 15.2. The number of hydrogen-bond acceptors (Lipinski definition) is 0. The van der Waals surface area contributed by atoms with Crippen LogP contribution in [0.15, 0.2) is 54.6 Å². The first-order valence-corrected chi connectivity index (χ1v) is 11.1. The van der Waals surface area contributed by atoms with Gasteiger partial charge < -0.3 is 0 Å². The van der Waals surface area contributed by atoms with Crippen molar-refractivity contribution in [1.82, 2.24) is 0 Å². The van der Waals surface area contributed by atoms with Gasteiger partial charge in [-0.05, 0) is 54.7 Å². The van der Waals surface area contributed by atoms with Crippen LogP contribution in [0.25, 0.3) is 0 Å². The van der Waals surface area contributed by atoms with Gasteiger partial charge in [-0.2, -0.15) is 0 Å². The molecule has 2 aromatic carbocycles. The molecule has 1 fully saturated rings. The minimum absolute atomic E-state index is 0.00994. The molecule has 2 aromatic rings. The predicted octanol–water partition coefficient (Wildman–Crippen LogP) is 4.43. The molecule has 21 heavy (non-hydrogen) atoms. The van der Waals surface area contributed by atoms with E-state index in [4.69, 9.17) is 0 Å². The van der Waals surface area contributed by atoms with Gasteiger partial charge in [-0.3, -0.25) is 0 Å². The topological polar surface area (TPSA) is 0 Å². The van der Waals surface area contributed by atoms with Gasteiger partial charge in [0.2, 0.25) is 0 Å². The maximum absolute atomic E-state index is 2.46. The summed E-state index contributed by atoms with van der Waals surface area (Å²) in [6.45, 7) is 7.35. The highest BCUT2D eigenvalue weighted by molar-refractivity contribution is 7.76. The normalized spacial score (nSPS) is 24.1. The molecular formula is C19H24P2. The molecule has 0 nitrogen and oxygen atoms in total. The molecule has 0 aromatic heterocycles. The molecule has 0 aliphatic carbocycles. The van der Waals surface area contributed by atoms with Crippen LogP contribution in [0.2, 0.25) is 0 Å². The lowest BCUT2D eigenvalue weighted by Crippen LogP contribution is -2.28. The Morgan fingerprint density at radius 1 is 0.857 bits per heavy atom. The molecule has 0 saturated carbocycles. The van der Waals surface area contributed by atoms with Crippen LogP contribution in [-0.4, -0.2) is 18.0 Å². The number of hydrogen-bond donors (Lipinski definition) is 0. The second kappa shape index (κ2) is 6.60. The van der Waals surface area contributed by atoms with E-state index in [1.54, 1.807) is 10.6 Å². The highest BCUT2D eigenvalue weighted by Crippen LogP contribution is 2.54. The summed E-state index contributed by atoms with van der Waals surface area (Å²) < 4.78 is 0. The Kier molecular flexibility index (Phi) is 4.78. The molecule has 0 spiro atoms. The molecule has 1 saturated heterocycles. The molecule has 1 aliphatic rings. The first-order chi connectivity index (χ1) is 10.2. The quantitative estimate of drug-likeness (QED) is 0.735. The van der Waals surface area contributed by atoms with Crippen molar-refractivity contribution in [3.8, 4) is 0 Å². The van der Waals surface area contributed by atoms with E-state index in [1.165, 1.54) is 18.1 Å². The monoisotopic (exact) mass is 314 g/mol. The number of rotatable bonds is 3. The number of benzene rings is 2. The van der Waals surface area contributed by atoms with Crippen molar-refractivity contribution < 1.29 is 0 Å². The zero-order valence-corrected chi connectivity index (χ0v) is 14.9. The highest BCUT2D eigenvalue weighted by Gasteiger charge is 2.33. The van der Waals surface area contributed by atoms with E-state index >= 15 is 0 Å². The van der Waals surface area contributed by atoms with Gasteiger partial charge in [0, 0.05) is 0 Å². The van der Waals surface area contributed by atoms with E-state index in [1.807, 2.05) is 0 Å². The van der Waals surface area contributed by atoms with E-state index in [9.17, 15) is 0 Å². The fraction of sp³-hybridized carbons (Fsp3) is 0.368. The van der Waals surface area contributed by atoms with Crippen LogP contribution in [0.1, 0.15) is 26.7 Å². The van der Waals surface area contributed by atoms with Crippen molar-refractivity contribution in [3.63, 3.8) is 0 Å². The van der Waals surface area contributed by atoms with Gasteiger partial charge in [0.15, 0.2) is 0 Å². The summed E-state index contributed by atoms with van der Waals surface area (Å²) in [5.74, 6) is 0. The van der Waals surface area contributed by atoms with Gasteiger partial charge in [0.05, 0.1) is 0 Å². The molecule has 3 rings (SSSR count). The lowest BCUT2D eigenvalue weighted by atomic mass is 10.2. The van der Waals surface area contributed by atoms with E-state index in [0.717, 1.165) is 11.3 Å². The van der Waals surface area contributed by atoms with Gasteiger partial charge in [0.25, 0.3) is 0 Å². The third kappa shape index (κ3) is 3.08. The molecule has 1 heterocycles. The molecule has 0 bridgehead atoms. The van der Waals surface area contributed by atoms with E-state index in [2.05, 4.69) is 75.1 Å². The van der Waals surface area contributed by atoms with E-state index < -0.39 is 0 Å². The van der Waals surface area contributed by atoms with E-state index in [0.29, 0.717) is 0 Å². The smallest absolute Gasteiger partial charge is 0.0121 e. The molecule has 1 aliphatic heterocycles. The molecule has 0 radical (unpaired) electrons. The van der Waals surface area contributed by atoms with Crippen molar-refractivity contribution in [2.24, 2.45) is 0 Å². The average molecular weight is 314 g/mol. The average Bonchev–Trinajstić information content (AvgIpc) is 2.86. The Morgan fingerprint density at radius 3 is 2.10 bits per heavy atom. The third-order valence-corrected chi connectivity index (χ3v) is 10.3. The van der Waals surface area contributed by atoms with Gasteiger partial charge in [-0.25, -0.2) is 0 Å². The van der Waals surface area contributed by atoms with Crippen LogP contribution in [0.4, 0.5) is 0 Å². The summed E-state index contributed by atoms with van der Waals surface area (Å²) in [5.41, 5.74) is 1.77. The van der Waals surface area contributed by atoms with Crippen molar-refractivity contribution >= 4 is 31.8 Å². The molecule has 3 atom stereocenters. The Bertz CT molecular complexity index is 584. The molecule has 2 heteroatoms. The van der Waals surface area contributed by atoms with Gasteiger partial charge in [-0.1, -0.05) is 76.4 Å². The van der Waals surface area contributed by atoms with Crippen LogP contribution in [0, 0.1) is 0 Å². The molecular weight excluding hydrogens is 290 g/mol. The fourth-order valence-corrected chi connectivity index (χ4v) is 9.12. The van der Waals surface area contributed by atoms with Crippen molar-refractivity contribution in [2.45, 2.75) is 38.0 Å². The SMILES string of the molecule is C[C@@H]1CC[C@@H](C)P1c1ccccc1P(C)c1ccccc1. The summed E-state index contributed by atoms with van der Waals surface area (Å²) in [6, 6.07) is 20.3. The zero-order chi connectivity index (χ0) is 14.8. The molecule has 110 valence electrons. The minimum atomic E-state index is -0.230. The maximum atomic E-state index is 2.46. The lowest BCUT2D eigenvalue weighted by molar-refractivity contribution is 0.777. The summed E-state index contributed by atoms with van der Waals surface area (Å²) in [6.07, 6.45) is 2.82. The Balaban J connectivity index is 2.00. The first-order valence-electron chi connectivity index (χ1n) is 7.84. The second-order valence-corrected chi connectivity index (χ2v) is 11.2. The van der Waals surface area contributed by atoms with Crippen molar-refractivity contribution in [2.75, 3.05) is 6.66 Å². The van der Waals surface area contributed by atoms with Crippen molar-refractivity contribution in [3.05, 3.63) is 54.6 Å². The maximum Gasteiger partial charge on any atom is -0.0121 e. The van der Waals surface area contributed by atoms with Gasteiger partial charge >= 0.3 is 0 Å². The van der Waals surface area contributed by atoms with E-state index in [-0.39, 0.29) is 15.8 Å². The summed E-state index contributed by atoms with van der Waals surface area (Å²) in [4.78, 5) is 0. The van der Waals surface area contributed by atoms with Crippen LogP contribution in [0.5, 0.6) is 0 Å². The molecule has 0 amide bonds.